The number of sulfone groups is 1. The number of aryl methyl sites for hydroxylation is 1. The van der Waals surface area contributed by atoms with Crippen molar-refractivity contribution in [3.63, 3.8) is 0 Å². The Morgan fingerprint density at radius 2 is 2.08 bits per heavy atom. The average Bonchev–Trinajstić information content (AvgIpc) is 2.94. The molecular formula is C15H25ClN4O3S. The lowest BCUT2D eigenvalue weighted by Crippen LogP contribution is -2.59. The third-order valence-corrected chi connectivity index (χ3v) is 7.25. The maximum atomic E-state index is 13.0. The highest BCUT2D eigenvalue weighted by atomic mass is 35.5. The molecule has 0 radical (unpaired) electrons. The van der Waals surface area contributed by atoms with Crippen molar-refractivity contribution in [2.75, 3.05) is 19.3 Å². The lowest BCUT2D eigenvalue weighted by molar-refractivity contribution is -0.136. The monoisotopic (exact) mass is 376 g/mol. The Morgan fingerprint density at radius 1 is 1.38 bits per heavy atom. The molecule has 1 N–H and O–H groups in total. The number of hydrogen-bond acceptors (Lipinski definition) is 5. The molecule has 0 bridgehead atoms. The van der Waals surface area contributed by atoms with Crippen LogP contribution in [0.25, 0.3) is 0 Å². The van der Waals surface area contributed by atoms with Gasteiger partial charge >= 0.3 is 0 Å². The summed E-state index contributed by atoms with van der Waals surface area (Å²) in [5.41, 5.74) is 0.806. The largest absolute Gasteiger partial charge is 0.336 e. The highest BCUT2D eigenvalue weighted by molar-refractivity contribution is 7.92. The number of halogens is 1. The van der Waals surface area contributed by atoms with Gasteiger partial charge in [-0.25, -0.2) is 8.42 Å². The molecule has 24 heavy (non-hydrogen) atoms. The van der Waals surface area contributed by atoms with Crippen LogP contribution in [0.5, 0.6) is 0 Å². The Labute approximate surface area is 149 Å². The van der Waals surface area contributed by atoms with Crippen molar-refractivity contribution < 1.29 is 13.2 Å². The van der Waals surface area contributed by atoms with Gasteiger partial charge in [0.25, 0.3) is 0 Å². The fourth-order valence-electron chi connectivity index (χ4n) is 3.86. The number of carbonyl (C=O) groups is 1. The van der Waals surface area contributed by atoms with E-state index in [1.165, 1.54) is 0 Å². The summed E-state index contributed by atoms with van der Waals surface area (Å²) in [6.45, 7) is 0.292. The van der Waals surface area contributed by atoms with E-state index in [1.54, 1.807) is 22.8 Å². The summed E-state index contributed by atoms with van der Waals surface area (Å²) in [6.07, 6.45) is 6.86. The first kappa shape index (κ1) is 19.2. The average molecular weight is 377 g/mol. The number of rotatable bonds is 3. The van der Waals surface area contributed by atoms with Crippen molar-refractivity contribution in [2.45, 2.75) is 43.0 Å². The number of fused-ring (bicyclic) bond motifs is 1. The number of carbonyl (C=O) groups excluding carboxylic acids is 1. The number of nitrogens with one attached hydrogen (secondary N) is 1. The molecule has 9 heteroatoms. The van der Waals surface area contributed by atoms with Crippen LogP contribution in [0, 0.1) is 0 Å². The summed E-state index contributed by atoms with van der Waals surface area (Å²) >= 11 is 0. The van der Waals surface area contributed by atoms with E-state index in [9.17, 15) is 13.2 Å². The van der Waals surface area contributed by atoms with Gasteiger partial charge < -0.3 is 10.2 Å². The SMILES string of the molecule is CNC(C(=O)N1CCS(=O)(=O)C2CCCCC21)c1cnn(C)c1.Cl. The molecule has 1 aliphatic carbocycles. The lowest BCUT2D eigenvalue weighted by atomic mass is 9.92. The summed E-state index contributed by atoms with van der Waals surface area (Å²) in [7, 11) is 0.482. The molecule has 0 aromatic carbocycles. The first-order chi connectivity index (χ1) is 10.9. The second-order valence-electron chi connectivity index (χ2n) is 6.46. The Morgan fingerprint density at radius 3 is 2.71 bits per heavy atom. The van der Waals surface area contributed by atoms with Crippen LogP contribution in [0.1, 0.15) is 37.3 Å². The summed E-state index contributed by atoms with van der Waals surface area (Å²) in [5.74, 6) is 0.0240. The zero-order valence-electron chi connectivity index (χ0n) is 14.0. The molecule has 2 heterocycles. The van der Waals surface area contributed by atoms with E-state index in [4.69, 9.17) is 0 Å². The molecule has 1 aromatic rings. The molecule has 1 amide bonds. The predicted octanol–water partition coefficient (Wildman–Crippen LogP) is 0.671. The van der Waals surface area contributed by atoms with Crippen molar-refractivity contribution in [3.8, 4) is 0 Å². The number of nitrogens with zero attached hydrogens (tertiary/aromatic N) is 3. The molecule has 0 spiro atoms. The number of likely N-dealkylation sites (N-methyl/N-ethyl adjacent to an activating group) is 1. The van der Waals surface area contributed by atoms with Crippen LogP contribution >= 0.6 is 12.4 Å². The molecule has 3 atom stereocenters. The van der Waals surface area contributed by atoms with Gasteiger partial charge in [-0.05, 0) is 19.9 Å². The van der Waals surface area contributed by atoms with Crippen LogP contribution in [-0.4, -0.2) is 59.6 Å². The highest BCUT2D eigenvalue weighted by Gasteiger charge is 2.45. The van der Waals surface area contributed by atoms with Gasteiger partial charge in [-0.3, -0.25) is 9.48 Å². The maximum absolute atomic E-state index is 13.0. The van der Waals surface area contributed by atoms with Gasteiger partial charge in [0, 0.05) is 31.4 Å². The van der Waals surface area contributed by atoms with E-state index in [0.29, 0.717) is 13.0 Å². The van der Waals surface area contributed by atoms with Crippen LogP contribution in [0.3, 0.4) is 0 Å². The van der Waals surface area contributed by atoms with Crippen LogP contribution < -0.4 is 5.32 Å². The molecule has 136 valence electrons. The van der Waals surface area contributed by atoms with Gasteiger partial charge in [0.1, 0.15) is 6.04 Å². The minimum atomic E-state index is -3.07. The van der Waals surface area contributed by atoms with Crippen LogP contribution in [-0.2, 0) is 21.7 Å². The number of amides is 1. The quantitative estimate of drug-likeness (QED) is 0.838. The highest BCUT2D eigenvalue weighted by Crippen LogP contribution is 2.33. The topological polar surface area (TPSA) is 84.3 Å². The normalized spacial score (nSPS) is 27.0. The van der Waals surface area contributed by atoms with Crippen LogP contribution in [0.4, 0.5) is 0 Å². The van der Waals surface area contributed by atoms with E-state index in [0.717, 1.165) is 24.8 Å². The van der Waals surface area contributed by atoms with E-state index in [2.05, 4.69) is 10.4 Å². The van der Waals surface area contributed by atoms with Crippen molar-refractivity contribution in [3.05, 3.63) is 18.0 Å². The summed E-state index contributed by atoms with van der Waals surface area (Å²) in [4.78, 5) is 14.8. The standard InChI is InChI=1S/C15H24N4O3S.ClH/c1-16-14(11-9-17-18(2)10-11)15(20)19-7-8-23(21,22)13-6-4-3-5-12(13)19;/h9-10,12-14,16H,3-8H2,1-2H3;1H. The minimum absolute atomic E-state index is 0. The molecule has 1 saturated carbocycles. The van der Waals surface area contributed by atoms with Gasteiger partial charge in [0.05, 0.1) is 17.2 Å². The van der Waals surface area contributed by atoms with E-state index in [1.807, 2.05) is 13.2 Å². The van der Waals surface area contributed by atoms with Gasteiger partial charge in [-0.2, -0.15) is 5.10 Å². The lowest BCUT2D eigenvalue weighted by Gasteiger charge is -2.44. The van der Waals surface area contributed by atoms with E-state index in [-0.39, 0.29) is 35.4 Å². The molecule has 3 unspecified atom stereocenters. The Kier molecular flexibility index (Phi) is 5.93. The van der Waals surface area contributed by atoms with Gasteiger partial charge in [-0.1, -0.05) is 12.8 Å². The zero-order valence-corrected chi connectivity index (χ0v) is 15.6. The second kappa shape index (κ2) is 7.41. The second-order valence-corrected chi connectivity index (χ2v) is 8.80. The Hall–Kier alpha value is -1.12. The van der Waals surface area contributed by atoms with Gasteiger partial charge in [0.2, 0.25) is 5.91 Å². The fraction of sp³-hybridized carbons (Fsp3) is 0.733. The van der Waals surface area contributed by atoms with Crippen LogP contribution in [0.2, 0.25) is 0 Å². The fourth-order valence-corrected chi connectivity index (χ4v) is 5.90. The summed E-state index contributed by atoms with van der Waals surface area (Å²) < 4.78 is 26.3. The third kappa shape index (κ3) is 3.45. The minimum Gasteiger partial charge on any atom is -0.336 e. The maximum Gasteiger partial charge on any atom is 0.244 e. The van der Waals surface area contributed by atoms with Crippen molar-refractivity contribution >= 4 is 28.2 Å². The molecule has 2 fully saturated rings. The van der Waals surface area contributed by atoms with Crippen LogP contribution in [0.15, 0.2) is 12.4 Å². The van der Waals surface area contributed by atoms with Crippen molar-refractivity contribution in [2.24, 2.45) is 7.05 Å². The number of aromatic nitrogens is 2. The zero-order chi connectivity index (χ0) is 16.6. The smallest absolute Gasteiger partial charge is 0.244 e. The van der Waals surface area contributed by atoms with E-state index < -0.39 is 15.9 Å². The van der Waals surface area contributed by atoms with Crippen molar-refractivity contribution in [1.29, 1.82) is 0 Å². The molecule has 1 aromatic heterocycles. The van der Waals surface area contributed by atoms with E-state index >= 15 is 0 Å². The number of hydrogen-bond donors (Lipinski definition) is 1. The molecule has 1 aliphatic heterocycles. The molecule has 3 rings (SSSR count). The molecular weight excluding hydrogens is 352 g/mol. The molecule has 2 aliphatic rings. The molecule has 1 saturated heterocycles. The van der Waals surface area contributed by atoms with Crippen molar-refractivity contribution in [1.82, 2.24) is 20.0 Å². The first-order valence-electron chi connectivity index (χ1n) is 8.12. The summed E-state index contributed by atoms with van der Waals surface area (Å²) in [6, 6.07) is -0.658. The third-order valence-electron chi connectivity index (χ3n) is 5.02. The first-order valence-corrected chi connectivity index (χ1v) is 9.83. The molecule has 7 nitrogen and oxygen atoms in total. The Balaban J connectivity index is 0.00000208. The predicted molar refractivity (Wildman–Crippen MR) is 93.8 cm³/mol. The van der Waals surface area contributed by atoms with Gasteiger partial charge in [-0.15, -0.1) is 12.4 Å². The summed E-state index contributed by atoms with van der Waals surface area (Å²) in [5, 5.41) is 6.79. The van der Waals surface area contributed by atoms with Gasteiger partial charge in [0.15, 0.2) is 9.84 Å². The Bertz CT molecular complexity index is 691.